The fraction of sp³-hybridized carbons (Fsp3) is 0.273. The molecular weight excluding hydrogens is 389 g/mol. The van der Waals surface area contributed by atoms with Gasteiger partial charge in [-0.15, -0.1) is 0 Å². The van der Waals surface area contributed by atoms with Crippen molar-refractivity contribution in [1.29, 1.82) is 0 Å². The zero-order chi connectivity index (χ0) is 20.8. The molecule has 1 amide bonds. The fourth-order valence-electron chi connectivity index (χ4n) is 4.10. The Hall–Kier alpha value is -3.23. The highest BCUT2D eigenvalue weighted by Crippen LogP contribution is 2.39. The monoisotopic (exact) mass is 409 g/mol. The van der Waals surface area contributed by atoms with Gasteiger partial charge in [-0.05, 0) is 35.7 Å². The Labute approximate surface area is 172 Å². The van der Waals surface area contributed by atoms with E-state index in [0.29, 0.717) is 48.7 Å². The fourth-order valence-corrected chi connectivity index (χ4v) is 4.10. The van der Waals surface area contributed by atoms with Gasteiger partial charge in [-0.3, -0.25) is 9.48 Å². The van der Waals surface area contributed by atoms with E-state index >= 15 is 0 Å². The number of hydrogen-bond acceptors (Lipinski definition) is 5. The van der Waals surface area contributed by atoms with Crippen molar-refractivity contribution >= 4 is 11.6 Å². The SMILES string of the molecule is Cn1nc(C(=O)N2CCc3c(-c4cccc(O)c4F)cccc32)cc1C1OCCO1. The van der Waals surface area contributed by atoms with Gasteiger partial charge in [0.25, 0.3) is 5.91 Å². The standard InChI is InChI=1S/C22H20FN3O4/c1-25-18(22-29-10-11-30-22)12-16(24-25)21(28)26-9-8-14-13(4-2-6-17(14)26)15-5-3-7-19(27)20(15)23/h2-7,12,22,27H,8-11H2,1H3. The number of fused-ring (bicyclic) bond motifs is 1. The van der Waals surface area contributed by atoms with Crippen LogP contribution in [-0.4, -0.2) is 40.6 Å². The molecule has 1 aromatic heterocycles. The van der Waals surface area contributed by atoms with Crippen molar-refractivity contribution in [2.24, 2.45) is 7.05 Å². The van der Waals surface area contributed by atoms with Crippen molar-refractivity contribution in [3.05, 3.63) is 65.2 Å². The molecule has 2 aliphatic rings. The Morgan fingerprint density at radius 3 is 2.70 bits per heavy atom. The summed E-state index contributed by atoms with van der Waals surface area (Å²) in [7, 11) is 1.75. The summed E-state index contributed by atoms with van der Waals surface area (Å²) in [4.78, 5) is 14.9. The second-order valence-corrected chi connectivity index (χ2v) is 7.30. The second kappa shape index (κ2) is 7.23. The minimum Gasteiger partial charge on any atom is -0.505 e. The molecule has 5 rings (SSSR count). The third kappa shape index (κ3) is 2.96. The Bertz CT molecular complexity index is 1140. The van der Waals surface area contributed by atoms with E-state index in [0.717, 1.165) is 11.3 Å². The molecule has 154 valence electrons. The van der Waals surface area contributed by atoms with Crippen molar-refractivity contribution in [1.82, 2.24) is 9.78 Å². The van der Waals surface area contributed by atoms with E-state index in [1.807, 2.05) is 6.07 Å². The molecule has 7 nitrogen and oxygen atoms in total. The number of benzene rings is 2. The van der Waals surface area contributed by atoms with Crippen LogP contribution in [0.2, 0.25) is 0 Å². The van der Waals surface area contributed by atoms with E-state index in [1.165, 1.54) is 6.07 Å². The molecule has 30 heavy (non-hydrogen) atoms. The molecule has 2 aromatic carbocycles. The van der Waals surface area contributed by atoms with Crippen LogP contribution >= 0.6 is 0 Å². The average molecular weight is 409 g/mol. The van der Waals surface area contributed by atoms with Gasteiger partial charge in [0.1, 0.15) is 0 Å². The van der Waals surface area contributed by atoms with Crippen LogP contribution in [0.4, 0.5) is 10.1 Å². The molecule has 0 radical (unpaired) electrons. The predicted molar refractivity (Wildman–Crippen MR) is 107 cm³/mol. The highest BCUT2D eigenvalue weighted by atomic mass is 19.1. The van der Waals surface area contributed by atoms with Crippen molar-refractivity contribution in [2.75, 3.05) is 24.7 Å². The number of amides is 1. The number of aromatic nitrogens is 2. The maximum absolute atomic E-state index is 14.5. The minimum absolute atomic E-state index is 0.234. The summed E-state index contributed by atoms with van der Waals surface area (Å²) in [5.74, 6) is -1.29. The van der Waals surface area contributed by atoms with Gasteiger partial charge >= 0.3 is 0 Å². The molecule has 3 heterocycles. The summed E-state index contributed by atoms with van der Waals surface area (Å²) in [6.07, 6.45) is 0.0659. The van der Waals surface area contributed by atoms with Gasteiger partial charge in [0, 0.05) is 24.8 Å². The number of phenolic OH excluding ortho intramolecular Hbond substituents is 1. The molecule has 1 N–H and O–H groups in total. The van der Waals surface area contributed by atoms with E-state index in [9.17, 15) is 14.3 Å². The third-order valence-electron chi connectivity index (χ3n) is 5.54. The highest BCUT2D eigenvalue weighted by molar-refractivity contribution is 6.06. The van der Waals surface area contributed by atoms with E-state index in [-0.39, 0.29) is 5.91 Å². The Balaban J connectivity index is 1.49. The molecule has 0 bridgehead atoms. The maximum atomic E-state index is 14.5. The van der Waals surface area contributed by atoms with Crippen molar-refractivity contribution in [3.8, 4) is 16.9 Å². The summed E-state index contributed by atoms with van der Waals surface area (Å²) in [6.45, 7) is 1.48. The lowest BCUT2D eigenvalue weighted by Gasteiger charge is -2.17. The van der Waals surface area contributed by atoms with Crippen LogP contribution in [0.25, 0.3) is 11.1 Å². The first kappa shape index (κ1) is 18.8. The number of halogens is 1. The lowest BCUT2D eigenvalue weighted by atomic mass is 9.97. The van der Waals surface area contributed by atoms with E-state index < -0.39 is 17.9 Å². The molecule has 0 atom stereocenters. The molecular formula is C22H20FN3O4. The second-order valence-electron chi connectivity index (χ2n) is 7.30. The molecule has 2 aliphatic heterocycles. The molecule has 8 heteroatoms. The average Bonchev–Trinajstić information content (AvgIpc) is 3.48. The van der Waals surface area contributed by atoms with Crippen molar-refractivity contribution in [3.63, 3.8) is 0 Å². The molecule has 0 saturated carbocycles. The topological polar surface area (TPSA) is 76.8 Å². The third-order valence-corrected chi connectivity index (χ3v) is 5.54. The largest absolute Gasteiger partial charge is 0.505 e. The van der Waals surface area contributed by atoms with Gasteiger partial charge in [-0.25, -0.2) is 4.39 Å². The number of carbonyl (C=O) groups is 1. The van der Waals surface area contributed by atoms with Crippen LogP contribution in [0.1, 0.15) is 28.0 Å². The smallest absolute Gasteiger partial charge is 0.278 e. The molecule has 1 fully saturated rings. The van der Waals surface area contributed by atoms with Gasteiger partial charge in [0.15, 0.2) is 17.3 Å². The van der Waals surface area contributed by atoms with Crippen LogP contribution in [0.15, 0.2) is 42.5 Å². The zero-order valence-electron chi connectivity index (χ0n) is 16.3. The van der Waals surface area contributed by atoms with Gasteiger partial charge < -0.3 is 19.5 Å². The van der Waals surface area contributed by atoms with E-state index in [2.05, 4.69) is 5.10 Å². The number of phenols is 1. The Morgan fingerprint density at radius 1 is 1.17 bits per heavy atom. The van der Waals surface area contributed by atoms with Crippen LogP contribution in [0, 0.1) is 5.82 Å². The number of hydrogen-bond donors (Lipinski definition) is 1. The van der Waals surface area contributed by atoms with Gasteiger partial charge in [0.2, 0.25) is 6.29 Å². The number of aryl methyl sites for hydroxylation is 1. The first-order chi connectivity index (χ1) is 14.5. The van der Waals surface area contributed by atoms with Crippen molar-refractivity contribution < 1.29 is 23.8 Å². The summed E-state index contributed by atoms with van der Waals surface area (Å²) >= 11 is 0. The Morgan fingerprint density at radius 2 is 1.90 bits per heavy atom. The number of anilines is 1. The van der Waals surface area contributed by atoms with Crippen molar-refractivity contribution in [2.45, 2.75) is 12.7 Å². The van der Waals surface area contributed by atoms with Crippen LogP contribution in [0.3, 0.4) is 0 Å². The predicted octanol–water partition coefficient (Wildman–Crippen LogP) is 3.18. The lowest BCUT2D eigenvalue weighted by Crippen LogP contribution is -2.29. The van der Waals surface area contributed by atoms with E-state index in [1.54, 1.807) is 47.0 Å². The Kier molecular flexibility index (Phi) is 4.52. The molecule has 0 spiro atoms. The number of aromatic hydroxyl groups is 1. The van der Waals surface area contributed by atoms with Gasteiger partial charge in [-0.2, -0.15) is 5.10 Å². The normalized spacial score (nSPS) is 16.3. The summed E-state index contributed by atoms with van der Waals surface area (Å²) < 4.78 is 27.1. The lowest BCUT2D eigenvalue weighted by molar-refractivity contribution is -0.0497. The van der Waals surface area contributed by atoms with Crippen LogP contribution < -0.4 is 4.90 Å². The minimum atomic E-state index is -0.665. The summed E-state index contributed by atoms with van der Waals surface area (Å²) in [5, 5.41) is 14.1. The van der Waals surface area contributed by atoms with E-state index in [4.69, 9.17) is 9.47 Å². The molecule has 0 unspecified atom stereocenters. The molecule has 3 aromatic rings. The van der Waals surface area contributed by atoms with Gasteiger partial charge in [-0.1, -0.05) is 24.3 Å². The first-order valence-corrected chi connectivity index (χ1v) is 9.73. The molecule has 1 saturated heterocycles. The summed E-state index contributed by atoms with van der Waals surface area (Å²) in [6, 6.07) is 11.7. The summed E-state index contributed by atoms with van der Waals surface area (Å²) in [5.41, 5.74) is 3.57. The number of nitrogens with zero attached hydrogens (tertiary/aromatic N) is 3. The van der Waals surface area contributed by atoms with Crippen LogP contribution in [-0.2, 0) is 22.9 Å². The maximum Gasteiger partial charge on any atom is 0.278 e. The van der Waals surface area contributed by atoms with Crippen LogP contribution in [0.5, 0.6) is 5.75 Å². The zero-order valence-corrected chi connectivity index (χ0v) is 16.3. The van der Waals surface area contributed by atoms with Gasteiger partial charge in [0.05, 0.1) is 18.9 Å². The number of rotatable bonds is 3. The quantitative estimate of drug-likeness (QED) is 0.719. The number of ether oxygens (including phenoxy) is 2. The first-order valence-electron chi connectivity index (χ1n) is 9.73. The number of carbonyl (C=O) groups excluding carboxylic acids is 1. The molecule has 0 aliphatic carbocycles. The highest BCUT2D eigenvalue weighted by Gasteiger charge is 2.31.